The number of nitrogens with one attached hydrogen (secondary N) is 1. The number of rotatable bonds is 12. The van der Waals surface area contributed by atoms with Crippen LogP contribution in [0.5, 0.6) is 5.75 Å². The molecule has 1 unspecified atom stereocenters. The second-order valence-electron chi connectivity index (χ2n) is 8.37. The summed E-state index contributed by atoms with van der Waals surface area (Å²) in [6.45, 7) is 2.68. The van der Waals surface area contributed by atoms with Gasteiger partial charge in [-0.05, 0) is 63.8 Å². The molecular formula is C28H29Br2ClN2O3. The van der Waals surface area contributed by atoms with Gasteiger partial charge in [0.25, 0.3) is 5.91 Å². The lowest BCUT2D eigenvalue weighted by Crippen LogP contribution is -2.51. The molecule has 2 amide bonds. The highest BCUT2D eigenvalue weighted by molar-refractivity contribution is 9.10. The molecule has 0 radical (unpaired) electrons. The summed E-state index contributed by atoms with van der Waals surface area (Å²) in [4.78, 5) is 28.6. The zero-order valence-corrected chi connectivity index (χ0v) is 24.0. The lowest BCUT2D eigenvalue weighted by atomic mass is 10.0. The summed E-state index contributed by atoms with van der Waals surface area (Å²) in [6.07, 6.45) is 2.23. The van der Waals surface area contributed by atoms with Gasteiger partial charge < -0.3 is 15.0 Å². The molecule has 5 nitrogen and oxygen atoms in total. The summed E-state index contributed by atoms with van der Waals surface area (Å²) < 4.78 is 7.39. The van der Waals surface area contributed by atoms with Crippen molar-refractivity contribution in [1.29, 1.82) is 0 Å². The van der Waals surface area contributed by atoms with Crippen molar-refractivity contribution in [3.63, 3.8) is 0 Å². The van der Waals surface area contributed by atoms with E-state index in [1.807, 2.05) is 54.6 Å². The van der Waals surface area contributed by atoms with Crippen molar-refractivity contribution in [2.75, 3.05) is 13.2 Å². The van der Waals surface area contributed by atoms with Crippen molar-refractivity contribution in [3.8, 4) is 5.75 Å². The van der Waals surface area contributed by atoms with Crippen molar-refractivity contribution in [2.45, 2.75) is 38.8 Å². The Morgan fingerprint density at radius 3 is 2.44 bits per heavy atom. The Morgan fingerprint density at radius 2 is 1.75 bits per heavy atom. The maximum atomic E-state index is 13.6. The zero-order chi connectivity index (χ0) is 25.9. The van der Waals surface area contributed by atoms with Crippen LogP contribution in [0, 0.1) is 0 Å². The highest BCUT2D eigenvalue weighted by Crippen LogP contribution is 2.28. The van der Waals surface area contributed by atoms with Crippen LogP contribution in [0.15, 0.2) is 81.7 Å². The number of carbonyl (C=O) groups is 2. The molecule has 0 aliphatic rings. The Morgan fingerprint density at radius 1 is 1.00 bits per heavy atom. The smallest absolute Gasteiger partial charge is 0.261 e. The molecule has 0 saturated heterocycles. The maximum Gasteiger partial charge on any atom is 0.261 e. The third kappa shape index (κ3) is 8.64. The van der Waals surface area contributed by atoms with Crippen molar-refractivity contribution < 1.29 is 14.3 Å². The minimum atomic E-state index is -0.701. The molecule has 0 aliphatic carbocycles. The number of ether oxygens (including phenoxy) is 1. The first-order valence-corrected chi connectivity index (χ1v) is 13.8. The van der Waals surface area contributed by atoms with Gasteiger partial charge in [-0.15, -0.1) is 0 Å². The van der Waals surface area contributed by atoms with Gasteiger partial charge in [-0.1, -0.05) is 83.3 Å². The van der Waals surface area contributed by atoms with Gasteiger partial charge in [-0.2, -0.15) is 0 Å². The van der Waals surface area contributed by atoms with E-state index in [4.69, 9.17) is 16.3 Å². The number of nitrogens with zero attached hydrogens (tertiary/aromatic N) is 1. The summed E-state index contributed by atoms with van der Waals surface area (Å²) in [7, 11) is 0. The topological polar surface area (TPSA) is 58.6 Å². The quantitative estimate of drug-likeness (QED) is 0.223. The summed E-state index contributed by atoms with van der Waals surface area (Å²) in [5, 5.41) is 3.58. The number of halogens is 3. The van der Waals surface area contributed by atoms with Gasteiger partial charge in [-0.3, -0.25) is 9.59 Å². The van der Waals surface area contributed by atoms with Gasteiger partial charge in [0, 0.05) is 29.0 Å². The van der Waals surface area contributed by atoms with E-state index < -0.39 is 6.04 Å². The Hall–Kier alpha value is -2.35. The van der Waals surface area contributed by atoms with E-state index in [0.717, 1.165) is 28.4 Å². The van der Waals surface area contributed by atoms with E-state index in [2.05, 4.69) is 44.1 Å². The molecule has 0 heterocycles. The van der Waals surface area contributed by atoms with Gasteiger partial charge in [0.1, 0.15) is 11.8 Å². The van der Waals surface area contributed by atoms with E-state index in [-0.39, 0.29) is 25.0 Å². The number of benzene rings is 3. The van der Waals surface area contributed by atoms with Gasteiger partial charge in [0.2, 0.25) is 5.91 Å². The minimum absolute atomic E-state index is 0.177. The van der Waals surface area contributed by atoms with E-state index in [1.54, 1.807) is 23.1 Å². The molecule has 36 heavy (non-hydrogen) atoms. The third-order valence-corrected chi connectivity index (χ3v) is 6.94. The van der Waals surface area contributed by atoms with Crippen LogP contribution < -0.4 is 10.1 Å². The Bertz CT molecular complexity index is 1160. The molecule has 0 fully saturated rings. The highest BCUT2D eigenvalue weighted by Gasteiger charge is 2.30. The molecule has 0 spiro atoms. The fraction of sp³-hybridized carbons (Fsp3) is 0.286. The second kappa shape index (κ2) is 14.4. The standard InChI is InChI=1S/C28H29Br2ClN2O3/c1-2-3-14-32-28(35)25(16-20-8-5-4-6-9-20)33(18-21-10-7-11-22(29)15-21)27(34)19-36-26-13-12-23(31)17-24(26)30/h4-13,15,17,25H,2-3,14,16,18-19H2,1H3,(H,32,35). The van der Waals surface area contributed by atoms with E-state index in [0.29, 0.717) is 28.2 Å². The van der Waals surface area contributed by atoms with E-state index in [1.165, 1.54) is 0 Å². The average Bonchev–Trinajstić information content (AvgIpc) is 2.86. The van der Waals surface area contributed by atoms with Crippen molar-refractivity contribution in [3.05, 3.63) is 97.9 Å². The van der Waals surface area contributed by atoms with E-state index >= 15 is 0 Å². The molecule has 8 heteroatoms. The molecule has 3 rings (SSSR count). The third-order valence-electron chi connectivity index (χ3n) is 5.59. The lowest BCUT2D eigenvalue weighted by Gasteiger charge is -2.31. The molecule has 0 aromatic heterocycles. The Labute approximate surface area is 234 Å². The van der Waals surface area contributed by atoms with Crippen molar-refractivity contribution >= 4 is 55.3 Å². The summed E-state index contributed by atoms with van der Waals surface area (Å²) in [5.74, 6) is 0.0360. The highest BCUT2D eigenvalue weighted by atomic mass is 79.9. The largest absolute Gasteiger partial charge is 0.483 e. The fourth-order valence-corrected chi connectivity index (χ4v) is 4.95. The number of unbranched alkanes of at least 4 members (excludes halogenated alkanes) is 1. The number of hydrogen-bond donors (Lipinski definition) is 1. The molecule has 3 aromatic carbocycles. The summed E-state index contributed by atoms with van der Waals surface area (Å²) >= 11 is 13.0. The van der Waals surface area contributed by atoms with Crippen LogP contribution in [0.4, 0.5) is 0 Å². The first-order valence-electron chi connectivity index (χ1n) is 11.8. The van der Waals surface area contributed by atoms with Gasteiger partial charge >= 0.3 is 0 Å². The number of hydrogen-bond acceptors (Lipinski definition) is 3. The fourth-order valence-electron chi connectivity index (χ4n) is 3.71. The van der Waals surface area contributed by atoms with E-state index in [9.17, 15) is 9.59 Å². The molecule has 1 atom stereocenters. The normalized spacial score (nSPS) is 11.6. The number of carbonyl (C=O) groups excluding carboxylic acids is 2. The Kier molecular flexibility index (Phi) is 11.3. The first-order chi connectivity index (χ1) is 17.4. The van der Waals surface area contributed by atoms with Gasteiger partial charge in [0.15, 0.2) is 6.61 Å². The van der Waals surface area contributed by atoms with Crippen LogP contribution in [0.2, 0.25) is 5.02 Å². The van der Waals surface area contributed by atoms with Crippen molar-refractivity contribution in [1.82, 2.24) is 10.2 Å². The summed E-state index contributed by atoms with van der Waals surface area (Å²) in [5.41, 5.74) is 1.88. The van der Waals surface area contributed by atoms with Crippen molar-refractivity contribution in [2.24, 2.45) is 0 Å². The summed E-state index contributed by atoms with van der Waals surface area (Å²) in [6, 6.07) is 21.9. The van der Waals surface area contributed by atoms with Crippen LogP contribution in [0.25, 0.3) is 0 Å². The predicted molar refractivity (Wildman–Crippen MR) is 151 cm³/mol. The molecular weight excluding hydrogens is 608 g/mol. The molecule has 3 aromatic rings. The van der Waals surface area contributed by atoms with Crippen LogP contribution in [-0.2, 0) is 22.6 Å². The molecule has 0 bridgehead atoms. The maximum absolute atomic E-state index is 13.6. The van der Waals surface area contributed by atoms with Crippen LogP contribution in [0.3, 0.4) is 0 Å². The lowest BCUT2D eigenvalue weighted by molar-refractivity contribution is -0.142. The number of amides is 2. The molecule has 0 saturated carbocycles. The van der Waals surface area contributed by atoms with Crippen LogP contribution >= 0.6 is 43.5 Å². The Balaban J connectivity index is 1.89. The van der Waals surface area contributed by atoms with Crippen LogP contribution in [-0.4, -0.2) is 35.9 Å². The first kappa shape index (κ1) is 28.2. The van der Waals surface area contributed by atoms with Gasteiger partial charge in [-0.25, -0.2) is 0 Å². The van der Waals surface area contributed by atoms with Gasteiger partial charge in [0.05, 0.1) is 4.47 Å². The van der Waals surface area contributed by atoms with Crippen LogP contribution in [0.1, 0.15) is 30.9 Å². The average molecular weight is 637 g/mol. The SMILES string of the molecule is CCCCNC(=O)C(Cc1ccccc1)N(Cc1cccc(Br)c1)C(=O)COc1ccc(Cl)cc1Br. The molecule has 190 valence electrons. The zero-order valence-electron chi connectivity index (χ0n) is 20.1. The minimum Gasteiger partial charge on any atom is -0.483 e. The predicted octanol–water partition coefficient (Wildman–Crippen LogP) is 6.80. The monoisotopic (exact) mass is 634 g/mol. The second-order valence-corrected chi connectivity index (χ2v) is 10.6. The molecule has 1 N–H and O–H groups in total. The molecule has 0 aliphatic heterocycles.